The third-order valence-electron chi connectivity index (χ3n) is 18.9. The fourth-order valence-corrected chi connectivity index (χ4v) is 15.6. The van der Waals surface area contributed by atoms with Gasteiger partial charge in [-0.3, -0.25) is 24.7 Å². The lowest BCUT2D eigenvalue weighted by Crippen LogP contribution is -2.60. The van der Waals surface area contributed by atoms with Crippen molar-refractivity contribution in [1.82, 2.24) is 24.5 Å². The van der Waals surface area contributed by atoms with Gasteiger partial charge < -0.3 is 43.8 Å². The zero-order valence-corrected chi connectivity index (χ0v) is 49.1. The molecule has 0 radical (unpaired) electrons. The number of piperidine rings is 1. The van der Waals surface area contributed by atoms with E-state index in [1.54, 1.807) is 18.3 Å². The number of carbonyl (C=O) groups excluding carboxylic acids is 1. The number of anilines is 4. The van der Waals surface area contributed by atoms with Gasteiger partial charge >= 0.3 is 0 Å². The summed E-state index contributed by atoms with van der Waals surface area (Å²) in [5, 5.41) is 16.7. The number of carbonyl (C=O) groups is 1. The summed E-state index contributed by atoms with van der Waals surface area (Å²) in [5.74, 6) is -1.13. The van der Waals surface area contributed by atoms with Gasteiger partial charge in [-0.05, 0) is 130 Å². The number of sulfonamides is 1. The van der Waals surface area contributed by atoms with E-state index in [2.05, 4.69) is 60.6 Å². The predicted molar refractivity (Wildman–Crippen MR) is 317 cm³/mol. The first-order valence-electron chi connectivity index (χ1n) is 30.0. The van der Waals surface area contributed by atoms with Crippen LogP contribution in [0.15, 0.2) is 96.0 Å². The smallest absolute Gasteiger partial charge is 0.297 e. The minimum atomic E-state index is -4.74. The molecule has 13 rings (SSSR count). The van der Waals surface area contributed by atoms with Gasteiger partial charge in [0.25, 0.3) is 21.6 Å². The third-order valence-corrected chi connectivity index (χ3v) is 20.2. The van der Waals surface area contributed by atoms with Gasteiger partial charge in [-0.25, -0.2) is 21.9 Å². The van der Waals surface area contributed by atoms with Crippen molar-refractivity contribution < 1.29 is 50.6 Å². The number of para-hydroxylation sites is 1. The van der Waals surface area contributed by atoms with Crippen LogP contribution >= 0.6 is 0 Å². The first kappa shape index (κ1) is 57.0. The summed E-state index contributed by atoms with van der Waals surface area (Å²) in [7, 11) is -4.74. The lowest BCUT2D eigenvalue weighted by atomic mass is 9.59. The number of hydrogen-bond donors (Lipinski definition) is 3. The number of halogens is 2. The summed E-state index contributed by atoms with van der Waals surface area (Å²) < 4.78 is 90.9. The maximum absolute atomic E-state index is 15.0. The molecule has 0 bridgehead atoms. The zero-order valence-electron chi connectivity index (χ0n) is 48.3. The van der Waals surface area contributed by atoms with E-state index in [9.17, 15) is 32.1 Å². The first-order valence-corrected chi connectivity index (χ1v) is 31.5. The Labute approximate surface area is 493 Å². The van der Waals surface area contributed by atoms with Crippen molar-refractivity contribution in [3.63, 3.8) is 0 Å². The number of benzene rings is 4. The number of aromatic amines is 1. The number of nitrogens with one attached hydrogen (secondary N) is 3. The van der Waals surface area contributed by atoms with Crippen LogP contribution in [-0.2, 0) is 19.5 Å². The second kappa shape index (κ2) is 23.0. The minimum absolute atomic E-state index is 0.00892. The van der Waals surface area contributed by atoms with E-state index in [0.717, 1.165) is 98.7 Å². The summed E-state index contributed by atoms with van der Waals surface area (Å²) in [6, 6.07) is 23.8. The Hall–Kier alpha value is -7.11. The van der Waals surface area contributed by atoms with Gasteiger partial charge in [-0.15, -0.1) is 0 Å². The molecule has 0 unspecified atom stereocenters. The normalized spacial score (nSPS) is 23.3. The summed E-state index contributed by atoms with van der Waals surface area (Å²) in [6.45, 7) is 14.1. The van der Waals surface area contributed by atoms with Gasteiger partial charge in [-0.1, -0.05) is 38.1 Å². The molecule has 5 atom stereocenters. The molecule has 6 aliphatic heterocycles. The topological polar surface area (TPSA) is 206 Å². The highest BCUT2D eigenvalue weighted by Gasteiger charge is 2.51. The predicted octanol–water partition coefficient (Wildman–Crippen LogP) is 10.4. The molecule has 1 aliphatic carbocycles. The molecule has 5 fully saturated rings. The SMILES string of the molecule is CC(C)Oc1ccccc1[C@@H]1CN([C@H](c2ccc(F)c(F)c2)C(C)C)CCN1C1CC2(CCN(c3ccc(C(=O)NS(=O)(=O)c4cc5c(c([N+](=O)[O-])c4)N[C@H](C4CCOCC4)CO5)c(N4c5cc6cc[nH]c6nc5O[C@H]5COCC[C@@H]54)c3)CC2)C1. The van der Waals surface area contributed by atoms with Gasteiger partial charge in [-0.2, -0.15) is 4.98 Å². The number of pyridine rings is 1. The van der Waals surface area contributed by atoms with Crippen molar-refractivity contribution >= 4 is 55.4 Å². The number of aromatic nitrogens is 2. The Morgan fingerprint density at radius 3 is 2.44 bits per heavy atom. The summed E-state index contributed by atoms with van der Waals surface area (Å²) in [5.41, 5.74) is 4.21. The molecule has 22 heteroatoms. The molecular formula is C63H73F2N9O10S. The van der Waals surface area contributed by atoms with Crippen LogP contribution in [0.4, 0.5) is 37.2 Å². The molecule has 4 aromatic carbocycles. The van der Waals surface area contributed by atoms with Gasteiger partial charge in [0.1, 0.15) is 29.8 Å². The Bertz CT molecular complexity index is 3620. The maximum atomic E-state index is 15.0. The van der Waals surface area contributed by atoms with Crippen LogP contribution in [0.25, 0.3) is 11.0 Å². The highest BCUT2D eigenvalue weighted by Crippen LogP contribution is 2.55. The Morgan fingerprint density at radius 2 is 1.67 bits per heavy atom. The van der Waals surface area contributed by atoms with Crippen LogP contribution in [0.1, 0.15) is 106 Å². The molecule has 6 aromatic rings. The molecule has 2 aromatic heterocycles. The average Bonchev–Trinajstić information content (AvgIpc) is 1.92. The molecule has 1 saturated carbocycles. The number of H-pyrrole nitrogens is 1. The summed E-state index contributed by atoms with van der Waals surface area (Å²) >= 11 is 0. The van der Waals surface area contributed by atoms with Crippen molar-refractivity contribution in [2.75, 3.05) is 80.9 Å². The van der Waals surface area contributed by atoms with E-state index in [1.807, 2.05) is 50.2 Å². The van der Waals surface area contributed by atoms with E-state index in [4.69, 9.17) is 28.7 Å². The van der Waals surface area contributed by atoms with Gasteiger partial charge in [0, 0.05) is 99.6 Å². The fourth-order valence-electron chi connectivity index (χ4n) is 14.6. The highest BCUT2D eigenvalue weighted by atomic mass is 32.2. The molecule has 8 heterocycles. The fraction of sp³-hybridized carbons (Fsp3) is 0.492. The number of amides is 1. The quantitative estimate of drug-likeness (QED) is 0.0685. The van der Waals surface area contributed by atoms with Gasteiger partial charge in [0.2, 0.25) is 5.88 Å². The second-order valence-electron chi connectivity index (χ2n) is 24.8. The monoisotopic (exact) mass is 1190 g/mol. The van der Waals surface area contributed by atoms with Crippen LogP contribution in [0.3, 0.4) is 0 Å². The lowest BCUT2D eigenvalue weighted by Gasteiger charge is -2.59. The third kappa shape index (κ3) is 11.0. The molecule has 19 nitrogen and oxygen atoms in total. The van der Waals surface area contributed by atoms with Crippen molar-refractivity contribution in [3.8, 4) is 17.4 Å². The molecule has 450 valence electrons. The van der Waals surface area contributed by atoms with E-state index in [0.29, 0.717) is 61.7 Å². The Morgan fingerprint density at radius 1 is 0.882 bits per heavy atom. The maximum Gasteiger partial charge on any atom is 0.297 e. The van der Waals surface area contributed by atoms with E-state index >= 15 is 0 Å². The van der Waals surface area contributed by atoms with E-state index < -0.39 is 49.2 Å². The molecule has 7 aliphatic rings. The van der Waals surface area contributed by atoms with Crippen molar-refractivity contribution in [1.29, 1.82) is 0 Å². The highest BCUT2D eigenvalue weighted by molar-refractivity contribution is 7.90. The van der Waals surface area contributed by atoms with Crippen LogP contribution in [0.2, 0.25) is 0 Å². The van der Waals surface area contributed by atoms with Crippen LogP contribution in [0, 0.1) is 39.0 Å². The Kier molecular flexibility index (Phi) is 15.4. The second-order valence-corrected chi connectivity index (χ2v) is 26.5. The van der Waals surface area contributed by atoms with E-state index in [1.165, 1.54) is 18.2 Å². The number of piperazine rings is 1. The van der Waals surface area contributed by atoms with Crippen molar-refractivity contribution in [2.45, 2.75) is 120 Å². The molecule has 85 heavy (non-hydrogen) atoms. The molecule has 4 saturated heterocycles. The molecule has 1 spiro atoms. The number of nitro groups is 1. The average molecular weight is 1190 g/mol. The summed E-state index contributed by atoms with van der Waals surface area (Å²) in [4.78, 5) is 44.0. The van der Waals surface area contributed by atoms with Crippen LogP contribution < -0.4 is 34.0 Å². The number of fused-ring (bicyclic) bond motifs is 4. The van der Waals surface area contributed by atoms with Crippen molar-refractivity contribution in [3.05, 3.63) is 130 Å². The Balaban J connectivity index is 0.779. The molecular weight excluding hydrogens is 1110 g/mol. The number of ether oxygens (including phenoxy) is 5. The summed E-state index contributed by atoms with van der Waals surface area (Å²) in [6.07, 6.45) is 7.23. The number of nitro benzene ring substituents is 1. The van der Waals surface area contributed by atoms with Crippen LogP contribution in [0.5, 0.6) is 17.4 Å². The number of hydrogen-bond acceptors (Lipinski definition) is 16. The van der Waals surface area contributed by atoms with Gasteiger partial charge in [0.15, 0.2) is 23.1 Å². The standard InChI is InChI=1S/C63H73F2N9O10S/c1-37(2)59(40-9-12-47(64)48(65)27-40)71-22-23-72(54(34-71)45-7-5-6-8-55(45)83-38(3)4)43-32-63(33-43)17-20-70(21-18-63)42-10-11-46(51(29-42)73-50-16-26-81-36-57(50)84-62-53(73)28-41-13-19-66-60(41)68-62)61(75)69-85(78,79)44-30-52(74(76)77)58-56(31-44)82-35-49(67-58)39-14-24-80-25-15-39/h5-13,19,27-31,37-39,43,49-50,54,57,59,67H,14-18,20-26,32-36H2,1-4H3,(H,66,68)(H,69,75)/t49-,50-,54-,57-,59-/m0/s1. The van der Waals surface area contributed by atoms with Gasteiger partial charge in [0.05, 0.1) is 51.9 Å². The molecule has 3 N–H and O–H groups in total. The van der Waals surface area contributed by atoms with Crippen molar-refractivity contribution in [2.24, 2.45) is 17.3 Å². The molecule has 1 amide bonds. The first-order chi connectivity index (χ1) is 41.0. The van der Waals surface area contributed by atoms with Crippen LogP contribution in [-0.4, -0.2) is 135 Å². The number of rotatable bonds is 14. The lowest BCUT2D eigenvalue weighted by molar-refractivity contribution is -0.384. The zero-order chi connectivity index (χ0) is 58.9. The number of nitrogens with zero attached hydrogens (tertiary/aromatic N) is 6. The van der Waals surface area contributed by atoms with E-state index in [-0.39, 0.29) is 77.7 Å². The minimum Gasteiger partial charge on any atom is -0.491 e. The largest absolute Gasteiger partial charge is 0.491 e.